The molecule has 2 rings (SSSR count). The van der Waals surface area contributed by atoms with Gasteiger partial charge in [0, 0.05) is 25.3 Å². The van der Waals surface area contributed by atoms with Crippen molar-refractivity contribution >= 4 is 24.0 Å². The second kappa shape index (κ2) is 12.0. The zero-order valence-corrected chi connectivity index (χ0v) is 16.2. The highest BCUT2D eigenvalue weighted by Gasteiger charge is 2.06. The maximum atomic E-state index is 5.89. The Bertz CT molecular complexity index is 621. The molecule has 1 N–H and O–H groups in total. The van der Waals surface area contributed by atoms with Crippen LogP contribution in [0.1, 0.15) is 17.5 Å². The van der Waals surface area contributed by atoms with Crippen molar-refractivity contribution in [3.05, 3.63) is 58.6 Å². The summed E-state index contributed by atoms with van der Waals surface area (Å²) in [6.45, 7) is 2.96. The molecule has 0 saturated carbocycles. The van der Waals surface area contributed by atoms with E-state index in [0.29, 0.717) is 6.61 Å². The molecule has 25 heavy (non-hydrogen) atoms. The van der Waals surface area contributed by atoms with Gasteiger partial charge in [0.15, 0.2) is 11.5 Å². The van der Waals surface area contributed by atoms with Crippen LogP contribution in [-0.4, -0.2) is 27.4 Å². The smallest absolute Gasteiger partial charge is 0.161 e. The summed E-state index contributed by atoms with van der Waals surface area (Å²) in [6, 6.07) is 13.6. The lowest BCUT2D eigenvalue weighted by molar-refractivity contribution is 0.194. The van der Waals surface area contributed by atoms with Crippen molar-refractivity contribution in [3.63, 3.8) is 0 Å². The molecule has 0 fully saturated rings. The summed E-state index contributed by atoms with van der Waals surface area (Å²) in [5.41, 5.74) is 2.22. The van der Waals surface area contributed by atoms with E-state index in [4.69, 9.17) is 25.8 Å². The third-order valence-electron chi connectivity index (χ3n) is 3.57. The first-order chi connectivity index (χ1) is 11.7. The molecule has 2 aromatic carbocycles. The molecule has 6 heteroatoms. The predicted molar refractivity (Wildman–Crippen MR) is 104 cm³/mol. The van der Waals surface area contributed by atoms with Crippen molar-refractivity contribution < 1.29 is 14.2 Å². The van der Waals surface area contributed by atoms with Crippen LogP contribution in [0.3, 0.4) is 0 Å². The molecule has 0 unspecified atom stereocenters. The van der Waals surface area contributed by atoms with E-state index in [-0.39, 0.29) is 12.4 Å². The topological polar surface area (TPSA) is 39.7 Å². The Morgan fingerprint density at radius 2 is 1.68 bits per heavy atom. The molecular formula is C19H25Cl2NO3. The second-order valence-electron chi connectivity index (χ2n) is 5.42. The molecule has 138 valence electrons. The molecule has 4 nitrogen and oxygen atoms in total. The summed E-state index contributed by atoms with van der Waals surface area (Å²) in [6.07, 6.45) is 0.996. The molecule has 0 radical (unpaired) electrons. The molecule has 0 saturated heterocycles. The summed E-state index contributed by atoms with van der Waals surface area (Å²) in [5, 5.41) is 4.10. The summed E-state index contributed by atoms with van der Waals surface area (Å²) in [4.78, 5) is 0. The van der Waals surface area contributed by atoms with Crippen LogP contribution in [0.4, 0.5) is 0 Å². The highest BCUT2D eigenvalue weighted by Crippen LogP contribution is 2.29. The van der Waals surface area contributed by atoms with Gasteiger partial charge in [0.1, 0.15) is 6.61 Å². The lowest BCUT2D eigenvalue weighted by atomic mass is 10.2. The Hall–Kier alpha value is -1.46. The van der Waals surface area contributed by atoms with E-state index in [2.05, 4.69) is 5.32 Å². The van der Waals surface area contributed by atoms with Crippen LogP contribution in [0, 0.1) is 0 Å². The van der Waals surface area contributed by atoms with Crippen molar-refractivity contribution in [1.82, 2.24) is 5.32 Å². The van der Waals surface area contributed by atoms with Crippen LogP contribution >= 0.6 is 24.0 Å². The highest BCUT2D eigenvalue weighted by molar-refractivity contribution is 6.30. The molecule has 0 atom stereocenters. The predicted octanol–water partition coefficient (Wildman–Crippen LogP) is 4.48. The normalized spacial score (nSPS) is 10.2. The zero-order valence-electron chi connectivity index (χ0n) is 14.6. The van der Waals surface area contributed by atoms with Crippen molar-refractivity contribution in [2.75, 3.05) is 27.4 Å². The highest BCUT2D eigenvalue weighted by atomic mass is 35.5. The second-order valence-corrected chi connectivity index (χ2v) is 5.86. The Labute approximate surface area is 160 Å². The minimum Gasteiger partial charge on any atom is -0.493 e. The zero-order chi connectivity index (χ0) is 17.2. The molecule has 0 aromatic heterocycles. The van der Waals surface area contributed by atoms with Crippen molar-refractivity contribution in [2.24, 2.45) is 0 Å². The lowest BCUT2D eigenvalue weighted by Gasteiger charge is -2.13. The molecule has 0 aliphatic rings. The van der Waals surface area contributed by atoms with E-state index in [9.17, 15) is 0 Å². The number of hydrogen-bond donors (Lipinski definition) is 1. The monoisotopic (exact) mass is 385 g/mol. The molecule has 2 aromatic rings. The van der Waals surface area contributed by atoms with Gasteiger partial charge in [-0.25, -0.2) is 0 Å². The average molecular weight is 386 g/mol. The van der Waals surface area contributed by atoms with E-state index in [1.54, 1.807) is 14.2 Å². The Morgan fingerprint density at radius 3 is 2.36 bits per heavy atom. The molecule has 0 aliphatic heterocycles. The average Bonchev–Trinajstić information content (AvgIpc) is 2.61. The number of nitrogens with one attached hydrogen (secondary N) is 1. The number of hydrogen-bond acceptors (Lipinski definition) is 4. The van der Waals surface area contributed by atoms with Gasteiger partial charge in [-0.05, 0) is 48.4 Å². The summed E-state index contributed by atoms with van der Waals surface area (Å²) >= 11 is 5.89. The Balaban J connectivity index is 0.00000312. The number of halogens is 2. The summed E-state index contributed by atoms with van der Waals surface area (Å²) < 4.78 is 16.3. The summed E-state index contributed by atoms with van der Waals surface area (Å²) in [5.74, 6) is 1.47. The van der Waals surface area contributed by atoms with Crippen LogP contribution in [0.15, 0.2) is 42.5 Å². The van der Waals surface area contributed by atoms with Crippen LogP contribution < -0.4 is 14.8 Å². The van der Waals surface area contributed by atoms with Gasteiger partial charge in [0.05, 0.1) is 7.11 Å². The van der Waals surface area contributed by atoms with Crippen LogP contribution in [0.2, 0.25) is 5.02 Å². The van der Waals surface area contributed by atoms with E-state index >= 15 is 0 Å². The van der Waals surface area contributed by atoms with Gasteiger partial charge in [0.2, 0.25) is 0 Å². The minimum absolute atomic E-state index is 0. The van der Waals surface area contributed by atoms with Gasteiger partial charge in [-0.2, -0.15) is 0 Å². The fourth-order valence-electron chi connectivity index (χ4n) is 2.26. The molecule has 0 heterocycles. The fourth-order valence-corrected chi connectivity index (χ4v) is 2.38. The third kappa shape index (κ3) is 7.53. The first-order valence-corrected chi connectivity index (χ1v) is 8.34. The van der Waals surface area contributed by atoms with E-state index in [1.807, 2.05) is 42.5 Å². The van der Waals surface area contributed by atoms with Crippen molar-refractivity contribution in [3.8, 4) is 11.5 Å². The van der Waals surface area contributed by atoms with E-state index in [1.165, 1.54) is 0 Å². The number of methoxy groups -OCH3 is 2. The van der Waals surface area contributed by atoms with Crippen LogP contribution in [0.25, 0.3) is 0 Å². The Morgan fingerprint density at radius 1 is 0.960 bits per heavy atom. The van der Waals surface area contributed by atoms with Gasteiger partial charge in [-0.15, -0.1) is 12.4 Å². The quantitative estimate of drug-likeness (QED) is 0.612. The lowest BCUT2D eigenvalue weighted by Crippen LogP contribution is -2.16. The van der Waals surface area contributed by atoms with Crippen LogP contribution in [-0.2, 0) is 17.9 Å². The maximum absolute atomic E-state index is 5.89. The molecule has 0 spiro atoms. The van der Waals surface area contributed by atoms with E-state index < -0.39 is 0 Å². The van der Waals surface area contributed by atoms with Crippen molar-refractivity contribution in [2.45, 2.75) is 19.6 Å². The first kappa shape index (κ1) is 21.6. The van der Waals surface area contributed by atoms with E-state index in [0.717, 1.165) is 53.8 Å². The van der Waals surface area contributed by atoms with Gasteiger partial charge < -0.3 is 19.5 Å². The summed E-state index contributed by atoms with van der Waals surface area (Å²) in [7, 11) is 3.37. The number of ether oxygens (including phenoxy) is 3. The largest absolute Gasteiger partial charge is 0.493 e. The van der Waals surface area contributed by atoms with Gasteiger partial charge in [0.25, 0.3) is 0 Å². The number of rotatable bonds is 10. The maximum Gasteiger partial charge on any atom is 0.161 e. The Kier molecular flexibility index (Phi) is 10.3. The van der Waals surface area contributed by atoms with Gasteiger partial charge in [-0.3, -0.25) is 0 Å². The standard InChI is InChI=1S/C19H24ClNO3.ClH/c1-22-11-3-10-21-13-16-6-9-18(19(12-16)23-2)24-14-15-4-7-17(20)8-5-15;/h4-9,12,21H,3,10-11,13-14H2,1-2H3;1H. The third-order valence-corrected chi connectivity index (χ3v) is 3.82. The van der Waals surface area contributed by atoms with Gasteiger partial charge >= 0.3 is 0 Å². The van der Waals surface area contributed by atoms with Gasteiger partial charge in [-0.1, -0.05) is 29.8 Å². The SMILES string of the molecule is COCCCNCc1ccc(OCc2ccc(Cl)cc2)c(OC)c1.Cl. The molecule has 0 bridgehead atoms. The molecule has 0 aliphatic carbocycles. The van der Waals surface area contributed by atoms with Crippen LogP contribution in [0.5, 0.6) is 11.5 Å². The molecule has 0 amide bonds. The van der Waals surface area contributed by atoms with Crippen molar-refractivity contribution in [1.29, 1.82) is 0 Å². The number of benzene rings is 2. The minimum atomic E-state index is 0. The molecular weight excluding hydrogens is 361 g/mol. The fraction of sp³-hybridized carbons (Fsp3) is 0.368. The first-order valence-electron chi connectivity index (χ1n) is 7.96.